The van der Waals surface area contributed by atoms with Crippen molar-refractivity contribution in [2.45, 2.75) is 12.5 Å². The highest BCUT2D eigenvalue weighted by molar-refractivity contribution is 6.42. The number of aliphatic hydroxyl groups excluding tert-OH is 1. The van der Waals surface area contributed by atoms with E-state index in [-0.39, 0.29) is 13.0 Å². The lowest BCUT2D eigenvalue weighted by Gasteiger charge is -2.08. The van der Waals surface area contributed by atoms with Gasteiger partial charge in [0.2, 0.25) is 5.91 Å². The monoisotopic (exact) mass is 291 g/mol. The van der Waals surface area contributed by atoms with Crippen molar-refractivity contribution in [2.75, 3.05) is 6.54 Å². The summed E-state index contributed by atoms with van der Waals surface area (Å²) in [6.07, 6.45) is -1.58. The minimum Gasteiger partial charge on any atom is -0.479 e. The summed E-state index contributed by atoms with van der Waals surface area (Å²) < 4.78 is 0. The molecular weight excluding hydrogens is 281 g/mol. The van der Waals surface area contributed by atoms with Gasteiger partial charge in [-0.15, -0.1) is 0 Å². The molecule has 3 N–H and O–H groups in total. The van der Waals surface area contributed by atoms with E-state index in [9.17, 15) is 9.59 Å². The number of halogens is 2. The molecule has 7 heteroatoms. The fraction of sp³-hybridized carbons (Fsp3) is 0.273. The van der Waals surface area contributed by atoms with Crippen LogP contribution in [0.4, 0.5) is 0 Å². The molecule has 0 saturated heterocycles. The summed E-state index contributed by atoms with van der Waals surface area (Å²) >= 11 is 11.5. The zero-order valence-corrected chi connectivity index (χ0v) is 10.7. The first kappa shape index (κ1) is 14.8. The molecule has 0 bridgehead atoms. The SMILES string of the molecule is O=C(Cc1ccc(Cl)c(Cl)c1)NC[C@H](O)C(=O)O. The number of carboxylic acids is 1. The molecule has 0 spiro atoms. The van der Waals surface area contributed by atoms with Crippen molar-refractivity contribution in [3.05, 3.63) is 33.8 Å². The quantitative estimate of drug-likeness (QED) is 0.758. The van der Waals surface area contributed by atoms with E-state index in [2.05, 4.69) is 5.32 Å². The number of hydrogen-bond donors (Lipinski definition) is 3. The Hall–Kier alpha value is -1.30. The average molecular weight is 292 g/mol. The first-order valence-electron chi connectivity index (χ1n) is 5.01. The normalized spacial score (nSPS) is 11.9. The first-order valence-corrected chi connectivity index (χ1v) is 5.77. The van der Waals surface area contributed by atoms with E-state index in [0.717, 1.165) is 0 Å². The van der Waals surface area contributed by atoms with Crippen LogP contribution in [0.25, 0.3) is 0 Å². The minimum absolute atomic E-state index is 0.0310. The fourth-order valence-electron chi connectivity index (χ4n) is 1.20. The number of benzene rings is 1. The van der Waals surface area contributed by atoms with Crippen LogP contribution in [0.2, 0.25) is 10.0 Å². The predicted molar refractivity (Wildman–Crippen MR) is 66.8 cm³/mol. The maximum absolute atomic E-state index is 11.4. The molecule has 1 atom stereocenters. The number of hydrogen-bond acceptors (Lipinski definition) is 3. The Morgan fingerprint density at radius 3 is 2.50 bits per heavy atom. The smallest absolute Gasteiger partial charge is 0.334 e. The van der Waals surface area contributed by atoms with Gasteiger partial charge in [-0.3, -0.25) is 4.79 Å². The van der Waals surface area contributed by atoms with Crippen molar-refractivity contribution in [2.24, 2.45) is 0 Å². The lowest BCUT2D eigenvalue weighted by Crippen LogP contribution is -2.37. The van der Waals surface area contributed by atoms with Crippen LogP contribution in [0.15, 0.2) is 18.2 Å². The van der Waals surface area contributed by atoms with Gasteiger partial charge in [-0.1, -0.05) is 29.3 Å². The second kappa shape index (κ2) is 6.58. The highest BCUT2D eigenvalue weighted by Gasteiger charge is 2.14. The summed E-state index contributed by atoms with van der Waals surface area (Å²) in [5, 5.41) is 20.4. The fourth-order valence-corrected chi connectivity index (χ4v) is 1.52. The Bertz CT molecular complexity index is 464. The van der Waals surface area contributed by atoms with Gasteiger partial charge in [0.1, 0.15) is 0 Å². The minimum atomic E-state index is -1.61. The van der Waals surface area contributed by atoms with E-state index in [4.69, 9.17) is 33.4 Å². The van der Waals surface area contributed by atoms with Crippen LogP contribution in [0.1, 0.15) is 5.56 Å². The Morgan fingerprint density at radius 1 is 1.28 bits per heavy atom. The molecule has 0 saturated carbocycles. The Kier molecular flexibility index (Phi) is 5.40. The second-order valence-electron chi connectivity index (χ2n) is 3.58. The number of aliphatic carboxylic acids is 1. The number of carbonyl (C=O) groups excluding carboxylic acids is 1. The molecule has 98 valence electrons. The molecule has 0 unspecified atom stereocenters. The molecule has 1 amide bonds. The molecule has 5 nitrogen and oxygen atoms in total. The predicted octanol–water partition coefficient (Wildman–Crippen LogP) is 1.10. The van der Waals surface area contributed by atoms with Crippen LogP contribution in [-0.4, -0.2) is 34.7 Å². The lowest BCUT2D eigenvalue weighted by molar-refractivity contribution is -0.146. The van der Waals surface area contributed by atoms with Gasteiger partial charge in [-0.2, -0.15) is 0 Å². The molecule has 0 aliphatic carbocycles. The first-order chi connectivity index (χ1) is 8.40. The van der Waals surface area contributed by atoms with E-state index >= 15 is 0 Å². The van der Waals surface area contributed by atoms with E-state index in [1.165, 1.54) is 0 Å². The van der Waals surface area contributed by atoms with E-state index in [1.54, 1.807) is 18.2 Å². The van der Waals surface area contributed by atoms with E-state index in [1.807, 2.05) is 0 Å². The lowest BCUT2D eigenvalue weighted by atomic mass is 10.1. The molecule has 0 aromatic heterocycles. The molecular formula is C11H11Cl2NO4. The van der Waals surface area contributed by atoms with Crippen molar-refractivity contribution in [1.82, 2.24) is 5.32 Å². The zero-order valence-electron chi connectivity index (χ0n) is 9.19. The summed E-state index contributed by atoms with van der Waals surface area (Å²) in [5.74, 6) is -1.79. The van der Waals surface area contributed by atoms with Gasteiger partial charge in [0.15, 0.2) is 6.10 Å². The average Bonchev–Trinajstić information content (AvgIpc) is 2.30. The molecule has 0 radical (unpaired) electrons. The van der Waals surface area contributed by atoms with Crippen LogP contribution in [0.3, 0.4) is 0 Å². The maximum Gasteiger partial charge on any atom is 0.334 e. The zero-order chi connectivity index (χ0) is 13.7. The number of aliphatic hydroxyl groups is 1. The molecule has 1 aromatic rings. The molecule has 0 aliphatic heterocycles. The summed E-state index contributed by atoms with van der Waals surface area (Å²) in [6, 6.07) is 4.76. The van der Waals surface area contributed by atoms with Crippen molar-refractivity contribution in [1.29, 1.82) is 0 Å². The summed E-state index contributed by atoms with van der Waals surface area (Å²) in [6.45, 7) is -0.338. The molecule has 18 heavy (non-hydrogen) atoms. The van der Waals surface area contributed by atoms with Crippen molar-refractivity contribution < 1.29 is 19.8 Å². The summed E-state index contributed by atoms with van der Waals surface area (Å²) in [5.41, 5.74) is 0.645. The van der Waals surface area contributed by atoms with Gasteiger partial charge in [-0.05, 0) is 17.7 Å². The maximum atomic E-state index is 11.4. The van der Waals surface area contributed by atoms with Crippen molar-refractivity contribution in [3.63, 3.8) is 0 Å². The van der Waals surface area contributed by atoms with Gasteiger partial charge in [0, 0.05) is 0 Å². The third kappa shape index (κ3) is 4.52. The molecule has 0 aliphatic rings. The van der Waals surface area contributed by atoms with Crippen LogP contribution in [0.5, 0.6) is 0 Å². The third-order valence-corrected chi connectivity index (χ3v) is 2.87. The van der Waals surface area contributed by atoms with Crippen LogP contribution < -0.4 is 5.32 Å². The Labute approximate surface area is 113 Å². The molecule has 1 aromatic carbocycles. The number of carbonyl (C=O) groups is 2. The number of amides is 1. The second-order valence-corrected chi connectivity index (χ2v) is 4.40. The molecule has 0 heterocycles. The van der Waals surface area contributed by atoms with Gasteiger partial charge in [-0.25, -0.2) is 4.79 Å². The van der Waals surface area contributed by atoms with Gasteiger partial charge < -0.3 is 15.5 Å². The number of rotatable bonds is 5. The Morgan fingerprint density at radius 2 is 1.94 bits per heavy atom. The molecule has 0 fully saturated rings. The number of carboxylic acid groups (broad SMARTS) is 1. The topological polar surface area (TPSA) is 86.6 Å². The standard InChI is InChI=1S/C11H11Cl2NO4/c12-7-2-1-6(3-8(7)13)4-10(16)14-5-9(15)11(17)18/h1-3,9,15H,4-5H2,(H,14,16)(H,17,18)/t9-/m0/s1. The van der Waals surface area contributed by atoms with Crippen LogP contribution >= 0.6 is 23.2 Å². The van der Waals surface area contributed by atoms with Gasteiger partial charge in [0.05, 0.1) is 23.0 Å². The Balaban J connectivity index is 2.49. The van der Waals surface area contributed by atoms with Gasteiger partial charge >= 0.3 is 5.97 Å². The highest BCUT2D eigenvalue weighted by Crippen LogP contribution is 2.22. The van der Waals surface area contributed by atoms with Crippen LogP contribution in [0, 0.1) is 0 Å². The largest absolute Gasteiger partial charge is 0.479 e. The van der Waals surface area contributed by atoms with Crippen LogP contribution in [-0.2, 0) is 16.0 Å². The summed E-state index contributed by atoms with van der Waals surface area (Å²) in [7, 11) is 0. The van der Waals surface area contributed by atoms with E-state index in [0.29, 0.717) is 15.6 Å². The van der Waals surface area contributed by atoms with Gasteiger partial charge in [0.25, 0.3) is 0 Å². The van der Waals surface area contributed by atoms with Crippen molar-refractivity contribution in [3.8, 4) is 0 Å². The van der Waals surface area contributed by atoms with E-state index < -0.39 is 18.0 Å². The number of nitrogens with one attached hydrogen (secondary N) is 1. The summed E-state index contributed by atoms with van der Waals surface area (Å²) in [4.78, 5) is 21.8. The van der Waals surface area contributed by atoms with Crippen molar-refractivity contribution >= 4 is 35.1 Å². The highest BCUT2D eigenvalue weighted by atomic mass is 35.5. The third-order valence-electron chi connectivity index (χ3n) is 2.13. The molecule has 1 rings (SSSR count).